The molecule has 1 aromatic rings. The van der Waals surface area contributed by atoms with Crippen molar-refractivity contribution in [2.75, 3.05) is 13.6 Å². The summed E-state index contributed by atoms with van der Waals surface area (Å²) in [5.74, 6) is -2.13. The molecule has 0 saturated heterocycles. The molecule has 2 amide bonds. The minimum Gasteiger partial charge on any atom is -0.480 e. The molecule has 0 saturated carbocycles. The molecule has 0 aromatic heterocycles. The van der Waals surface area contributed by atoms with E-state index in [1.807, 2.05) is 0 Å². The van der Waals surface area contributed by atoms with Crippen LogP contribution in [0.1, 0.15) is 24.2 Å². The number of hydrogen-bond donors (Lipinski definition) is 2. The SMILES string of the molecule is CN(C(=O)CNC(=O)c1ccccc1Cl)C(C)(C)C(=O)O. The number of halogens is 1. The number of carbonyl (C=O) groups excluding carboxylic acids is 2. The normalized spacial score (nSPS) is 10.9. The molecule has 0 unspecified atom stereocenters. The van der Waals surface area contributed by atoms with E-state index in [1.165, 1.54) is 27.0 Å². The van der Waals surface area contributed by atoms with E-state index in [9.17, 15) is 14.4 Å². The molecule has 21 heavy (non-hydrogen) atoms. The van der Waals surface area contributed by atoms with E-state index in [4.69, 9.17) is 16.7 Å². The van der Waals surface area contributed by atoms with Gasteiger partial charge in [-0.3, -0.25) is 9.59 Å². The largest absolute Gasteiger partial charge is 0.480 e. The predicted octanol–water partition coefficient (Wildman–Crippen LogP) is 1.39. The van der Waals surface area contributed by atoms with E-state index >= 15 is 0 Å². The van der Waals surface area contributed by atoms with Crippen LogP contribution in [0, 0.1) is 0 Å². The van der Waals surface area contributed by atoms with Crippen molar-refractivity contribution < 1.29 is 19.5 Å². The lowest BCUT2D eigenvalue weighted by atomic mass is 10.0. The monoisotopic (exact) mass is 312 g/mol. The quantitative estimate of drug-likeness (QED) is 0.860. The highest BCUT2D eigenvalue weighted by Crippen LogP contribution is 2.15. The molecule has 0 fully saturated rings. The van der Waals surface area contributed by atoms with Gasteiger partial charge >= 0.3 is 5.97 Å². The molecular formula is C14H17ClN2O4. The van der Waals surface area contributed by atoms with Gasteiger partial charge in [0.1, 0.15) is 5.54 Å². The maximum atomic E-state index is 11.9. The number of carboxylic acid groups (broad SMARTS) is 1. The average Bonchev–Trinajstić information content (AvgIpc) is 2.43. The number of aliphatic carboxylic acids is 1. The number of amides is 2. The van der Waals surface area contributed by atoms with Gasteiger partial charge in [0.25, 0.3) is 5.91 Å². The molecule has 0 aliphatic rings. The molecule has 0 aliphatic carbocycles. The molecule has 0 aliphatic heterocycles. The second-order valence-electron chi connectivity index (χ2n) is 4.98. The highest BCUT2D eigenvalue weighted by Gasteiger charge is 2.35. The lowest BCUT2D eigenvalue weighted by molar-refractivity contribution is -0.154. The fourth-order valence-corrected chi connectivity index (χ4v) is 1.69. The van der Waals surface area contributed by atoms with Crippen molar-refractivity contribution in [3.8, 4) is 0 Å². The number of nitrogens with zero attached hydrogens (tertiary/aromatic N) is 1. The van der Waals surface area contributed by atoms with Gasteiger partial charge in [-0.25, -0.2) is 4.79 Å². The molecule has 0 spiro atoms. The first-order chi connectivity index (χ1) is 9.67. The van der Waals surface area contributed by atoms with E-state index in [2.05, 4.69) is 5.32 Å². The van der Waals surface area contributed by atoms with Gasteiger partial charge in [0.15, 0.2) is 0 Å². The topological polar surface area (TPSA) is 86.7 Å². The van der Waals surface area contributed by atoms with Crippen LogP contribution < -0.4 is 5.32 Å². The highest BCUT2D eigenvalue weighted by molar-refractivity contribution is 6.33. The van der Waals surface area contributed by atoms with Crippen molar-refractivity contribution in [1.82, 2.24) is 10.2 Å². The summed E-state index contributed by atoms with van der Waals surface area (Å²) < 4.78 is 0. The average molecular weight is 313 g/mol. The molecular weight excluding hydrogens is 296 g/mol. The van der Waals surface area contributed by atoms with E-state index in [-0.39, 0.29) is 17.1 Å². The van der Waals surface area contributed by atoms with Crippen LogP contribution in [-0.2, 0) is 9.59 Å². The Bertz CT molecular complexity index is 572. The Morgan fingerprint density at radius 2 is 1.86 bits per heavy atom. The Morgan fingerprint density at radius 3 is 2.38 bits per heavy atom. The van der Waals surface area contributed by atoms with Crippen LogP contribution in [0.15, 0.2) is 24.3 Å². The molecule has 0 bridgehead atoms. The zero-order chi connectivity index (χ0) is 16.2. The van der Waals surface area contributed by atoms with Crippen molar-refractivity contribution in [2.45, 2.75) is 19.4 Å². The Hall–Kier alpha value is -2.08. The Labute approximate surface area is 127 Å². The lowest BCUT2D eigenvalue weighted by Crippen LogP contribution is -2.53. The Balaban J connectivity index is 2.68. The summed E-state index contributed by atoms with van der Waals surface area (Å²) in [6, 6.07) is 6.45. The van der Waals surface area contributed by atoms with E-state index in [0.717, 1.165) is 4.90 Å². The van der Waals surface area contributed by atoms with Crippen molar-refractivity contribution in [1.29, 1.82) is 0 Å². The minimum atomic E-state index is -1.35. The predicted molar refractivity (Wildman–Crippen MR) is 78.3 cm³/mol. The number of nitrogens with one attached hydrogen (secondary N) is 1. The number of rotatable bonds is 5. The highest BCUT2D eigenvalue weighted by atomic mass is 35.5. The smallest absolute Gasteiger partial charge is 0.329 e. The molecule has 0 heterocycles. The van der Waals surface area contributed by atoms with Gasteiger partial charge in [0, 0.05) is 7.05 Å². The zero-order valence-electron chi connectivity index (χ0n) is 12.0. The summed E-state index contributed by atoms with van der Waals surface area (Å²) in [6.07, 6.45) is 0. The molecule has 1 rings (SSSR count). The van der Waals surface area contributed by atoms with Crippen LogP contribution >= 0.6 is 11.6 Å². The van der Waals surface area contributed by atoms with Gasteiger partial charge in [-0.1, -0.05) is 23.7 Å². The number of carbonyl (C=O) groups is 3. The third kappa shape index (κ3) is 3.95. The molecule has 1 aromatic carbocycles. The summed E-state index contributed by atoms with van der Waals surface area (Å²) in [4.78, 5) is 36.0. The Kier molecular flexibility index (Phi) is 5.32. The summed E-state index contributed by atoms with van der Waals surface area (Å²) in [7, 11) is 1.37. The van der Waals surface area contributed by atoms with Gasteiger partial charge in [-0.15, -0.1) is 0 Å². The molecule has 0 atom stereocenters. The fraction of sp³-hybridized carbons (Fsp3) is 0.357. The summed E-state index contributed by atoms with van der Waals surface area (Å²) in [5.41, 5.74) is -1.10. The third-order valence-electron chi connectivity index (χ3n) is 3.25. The first-order valence-electron chi connectivity index (χ1n) is 6.20. The second-order valence-corrected chi connectivity index (χ2v) is 5.39. The van der Waals surface area contributed by atoms with Crippen molar-refractivity contribution >= 4 is 29.4 Å². The number of hydrogen-bond acceptors (Lipinski definition) is 3. The van der Waals surface area contributed by atoms with E-state index < -0.39 is 23.3 Å². The van der Waals surface area contributed by atoms with Crippen molar-refractivity contribution in [3.63, 3.8) is 0 Å². The minimum absolute atomic E-state index is 0.257. The molecule has 0 radical (unpaired) electrons. The zero-order valence-corrected chi connectivity index (χ0v) is 12.8. The van der Waals surface area contributed by atoms with Crippen LogP contribution in [0.5, 0.6) is 0 Å². The third-order valence-corrected chi connectivity index (χ3v) is 3.58. The Morgan fingerprint density at radius 1 is 1.29 bits per heavy atom. The summed E-state index contributed by atoms with van der Waals surface area (Å²) >= 11 is 5.88. The standard InChI is InChI=1S/C14H17ClN2O4/c1-14(2,13(20)21)17(3)11(18)8-16-12(19)9-6-4-5-7-10(9)15/h4-7H,8H2,1-3H3,(H,16,19)(H,20,21). The number of benzene rings is 1. The van der Waals surface area contributed by atoms with Crippen molar-refractivity contribution in [3.05, 3.63) is 34.9 Å². The molecule has 6 nitrogen and oxygen atoms in total. The van der Waals surface area contributed by atoms with E-state index in [1.54, 1.807) is 18.2 Å². The van der Waals surface area contributed by atoms with Gasteiger partial charge in [-0.2, -0.15) is 0 Å². The second kappa shape index (κ2) is 6.58. The van der Waals surface area contributed by atoms with Gasteiger partial charge in [0.05, 0.1) is 17.1 Å². The van der Waals surface area contributed by atoms with Crippen LogP contribution in [-0.4, -0.2) is 46.9 Å². The first-order valence-corrected chi connectivity index (χ1v) is 6.58. The maximum Gasteiger partial charge on any atom is 0.329 e. The lowest BCUT2D eigenvalue weighted by Gasteiger charge is -2.31. The fourth-order valence-electron chi connectivity index (χ4n) is 1.47. The van der Waals surface area contributed by atoms with E-state index in [0.29, 0.717) is 0 Å². The van der Waals surface area contributed by atoms with Crippen molar-refractivity contribution in [2.24, 2.45) is 0 Å². The number of carboxylic acids is 1. The van der Waals surface area contributed by atoms with Gasteiger partial charge < -0.3 is 15.3 Å². The summed E-state index contributed by atoms with van der Waals surface area (Å²) in [6.45, 7) is 2.50. The molecule has 2 N–H and O–H groups in total. The van der Waals surface area contributed by atoms with Crippen LogP contribution in [0.25, 0.3) is 0 Å². The number of likely N-dealkylation sites (N-methyl/N-ethyl adjacent to an activating group) is 1. The van der Waals surface area contributed by atoms with Crippen LogP contribution in [0.3, 0.4) is 0 Å². The van der Waals surface area contributed by atoms with Gasteiger partial charge in [0.2, 0.25) is 5.91 Å². The van der Waals surface area contributed by atoms with Gasteiger partial charge in [-0.05, 0) is 26.0 Å². The molecule has 114 valence electrons. The first kappa shape index (κ1) is 17.0. The maximum absolute atomic E-state index is 11.9. The molecule has 7 heteroatoms. The van der Waals surface area contributed by atoms with Crippen LogP contribution in [0.4, 0.5) is 0 Å². The summed E-state index contributed by atoms with van der Waals surface area (Å²) in [5, 5.41) is 11.8. The van der Waals surface area contributed by atoms with Crippen LogP contribution in [0.2, 0.25) is 5.02 Å².